The van der Waals surface area contributed by atoms with Gasteiger partial charge in [-0.2, -0.15) is 9.97 Å². The summed E-state index contributed by atoms with van der Waals surface area (Å²) in [5, 5.41) is 32.8. The van der Waals surface area contributed by atoms with Gasteiger partial charge >= 0.3 is 6.01 Å². The molecule has 4 aromatic rings. The maximum atomic E-state index is 16.8. The molecule has 0 aliphatic carbocycles. The van der Waals surface area contributed by atoms with E-state index in [4.69, 9.17) is 9.72 Å². The number of phenolic OH excluding ortho intramolecular Hbond substituents is 1. The molecule has 0 saturated carbocycles. The lowest BCUT2D eigenvalue weighted by molar-refractivity contribution is 0.0446. The third-order valence-electron chi connectivity index (χ3n) is 10.1. The molecule has 1 unspecified atom stereocenters. The van der Waals surface area contributed by atoms with Crippen molar-refractivity contribution in [2.75, 3.05) is 37.7 Å². The highest BCUT2D eigenvalue weighted by Crippen LogP contribution is 2.43. The van der Waals surface area contributed by atoms with Crippen molar-refractivity contribution < 1.29 is 28.8 Å². The molecule has 0 spiro atoms. The molecular formula is C34H39F2N5O4. The number of aryl methyl sites for hydroxylation is 1. The molecule has 238 valence electrons. The van der Waals surface area contributed by atoms with Gasteiger partial charge in [0.25, 0.3) is 0 Å². The van der Waals surface area contributed by atoms with Gasteiger partial charge in [-0.1, -0.05) is 13.0 Å². The monoisotopic (exact) mass is 619 g/mol. The van der Waals surface area contributed by atoms with Gasteiger partial charge in [-0.25, -0.2) is 8.78 Å². The summed E-state index contributed by atoms with van der Waals surface area (Å²) in [6.45, 7) is 5.81. The number of β-amino-alcohol motifs (C(OH)–C–C–N with tert-alkyl or cyclic N) is 1. The van der Waals surface area contributed by atoms with Crippen LogP contribution in [0.3, 0.4) is 0 Å². The molecule has 2 aromatic carbocycles. The Morgan fingerprint density at radius 1 is 1.09 bits per heavy atom. The Balaban J connectivity index is 1.37. The number of pyridine rings is 1. The number of piperidine rings is 1. The zero-order chi connectivity index (χ0) is 31.5. The highest BCUT2D eigenvalue weighted by molar-refractivity contribution is 6.01. The molecule has 0 bridgehead atoms. The van der Waals surface area contributed by atoms with Crippen molar-refractivity contribution in [3.05, 3.63) is 47.7 Å². The third kappa shape index (κ3) is 5.14. The zero-order valence-corrected chi connectivity index (χ0v) is 25.7. The molecule has 3 saturated heterocycles. The van der Waals surface area contributed by atoms with Crippen molar-refractivity contribution in [1.29, 1.82) is 0 Å². The van der Waals surface area contributed by atoms with Crippen molar-refractivity contribution in [3.8, 4) is 23.0 Å². The molecule has 0 radical (unpaired) electrons. The average molecular weight is 620 g/mol. The van der Waals surface area contributed by atoms with E-state index in [0.29, 0.717) is 60.1 Å². The molecule has 9 nitrogen and oxygen atoms in total. The number of benzene rings is 2. The molecule has 45 heavy (non-hydrogen) atoms. The van der Waals surface area contributed by atoms with E-state index in [-0.39, 0.29) is 46.7 Å². The lowest BCUT2D eigenvalue weighted by Crippen LogP contribution is -2.47. The summed E-state index contributed by atoms with van der Waals surface area (Å²) >= 11 is 0. The van der Waals surface area contributed by atoms with Crippen LogP contribution < -0.4 is 9.64 Å². The number of aromatic hydroxyl groups is 1. The summed E-state index contributed by atoms with van der Waals surface area (Å²) in [6.07, 6.45) is 6.95. The van der Waals surface area contributed by atoms with E-state index in [1.165, 1.54) is 24.4 Å². The number of rotatable bonds is 7. The molecule has 3 aliphatic rings. The quantitative estimate of drug-likeness (QED) is 0.260. The predicted molar refractivity (Wildman–Crippen MR) is 168 cm³/mol. The molecule has 7 rings (SSSR count). The predicted octanol–water partition coefficient (Wildman–Crippen LogP) is 5.11. The fourth-order valence-electron chi connectivity index (χ4n) is 7.95. The number of nitrogens with zero attached hydrogens (tertiary/aromatic N) is 5. The highest BCUT2D eigenvalue weighted by atomic mass is 19.1. The fourth-order valence-corrected chi connectivity index (χ4v) is 7.95. The smallest absolute Gasteiger partial charge is 0.319 e. The SMILES string of the molecule is CCc1c(F)ccc2cc(O)cc(-c3ncc4c(N5CCCC(C)(O)C5)nc(OC[C@@]56CCCN5[C@@H](CO)CC6)nc4c3F)c12. The number of anilines is 1. The van der Waals surface area contributed by atoms with Gasteiger partial charge in [0.2, 0.25) is 0 Å². The van der Waals surface area contributed by atoms with Crippen molar-refractivity contribution in [2.24, 2.45) is 0 Å². The van der Waals surface area contributed by atoms with Crippen LogP contribution in [0.15, 0.2) is 30.5 Å². The van der Waals surface area contributed by atoms with Gasteiger partial charge in [0.1, 0.15) is 35.2 Å². The first-order chi connectivity index (χ1) is 21.6. The van der Waals surface area contributed by atoms with Crippen LogP contribution in [0.5, 0.6) is 11.8 Å². The van der Waals surface area contributed by atoms with Gasteiger partial charge in [-0.15, -0.1) is 0 Å². The van der Waals surface area contributed by atoms with Gasteiger partial charge < -0.3 is 25.0 Å². The van der Waals surface area contributed by atoms with E-state index in [0.717, 1.165) is 38.6 Å². The minimum atomic E-state index is -0.948. The van der Waals surface area contributed by atoms with Gasteiger partial charge in [-0.05, 0) is 92.9 Å². The third-order valence-corrected chi connectivity index (χ3v) is 10.1. The molecule has 3 N–H and O–H groups in total. The maximum absolute atomic E-state index is 16.8. The molecule has 5 heterocycles. The Morgan fingerprint density at radius 3 is 2.69 bits per heavy atom. The first kappa shape index (κ1) is 30.0. The molecule has 3 atom stereocenters. The van der Waals surface area contributed by atoms with Crippen LogP contribution in [0.2, 0.25) is 0 Å². The van der Waals surface area contributed by atoms with E-state index >= 15 is 4.39 Å². The Hall–Kier alpha value is -3.67. The minimum absolute atomic E-state index is 0.00315. The van der Waals surface area contributed by atoms with Crippen LogP contribution in [-0.4, -0.2) is 85.2 Å². The van der Waals surface area contributed by atoms with Crippen molar-refractivity contribution >= 4 is 27.5 Å². The number of phenols is 1. The second kappa shape index (κ2) is 11.3. The lowest BCUT2D eigenvalue weighted by Gasteiger charge is -2.38. The average Bonchev–Trinajstić information content (AvgIpc) is 3.58. The normalized spacial score (nSPS) is 25.4. The van der Waals surface area contributed by atoms with Crippen LogP contribution in [0.4, 0.5) is 14.6 Å². The van der Waals surface area contributed by atoms with Crippen LogP contribution in [0, 0.1) is 11.6 Å². The maximum Gasteiger partial charge on any atom is 0.319 e. The zero-order valence-electron chi connectivity index (χ0n) is 25.7. The number of hydrogen-bond donors (Lipinski definition) is 3. The summed E-state index contributed by atoms with van der Waals surface area (Å²) < 4.78 is 38.0. The van der Waals surface area contributed by atoms with Crippen LogP contribution in [-0.2, 0) is 6.42 Å². The van der Waals surface area contributed by atoms with E-state index in [2.05, 4.69) is 14.9 Å². The minimum Gasteiger partial charge on any atom is -0.508 e. The molecule has 0 amide bonds. The molecule has 3 aliphatic heterocycles. The van der Waals surface area contributed by atoms with Crippen LogP contribution in [0.25, 0.3) is 32.9 Å². The van der Waals surface area contributed by atoms with Gasteiger partial charge in [0.15, 0.2) is 5.82 Å². The van der Waals surface area contributed by atoms with Gasteiger partial charge in [0, 0.05) is 30.9 Å². The van der Waals surface area contributed by atoms with Crippen LogP contribution >= 0.6 is 0 Å². The Kier molecular flexibility index (Phi) is 7.53. The summed E-state index contributed by atoms with van der Waals surface area (Å²) in [5.74, 6) is -0.806. The first-order valence-corrected chi connectivity index (χ1v) is 15.9. The van der Waals surface area contributed by atoms with E-state index < -0.39 is 17.2 Å². The second-order valence-electron chi connectivity index (χ2n) is 13.2. The summed E-state index contributed by atoms with van der Waals surface area (Å²) in [4.78, 5) is 18.1. The number of aliphatic hydroxyl groups is 2. The standard InChI is InChI=1S/C34H39F2N5O4/c1-3-23-26(35)7-6-20-14-22(43)15-24(27(20)23)29-28(36)30-25(16-37-29)31(40-12-4-9-33(2,44)18-40)39-32(38-30)45-19-34-10-5-13-41(34)21(17-42)8-11-34/h6-7,14-16,21,42-44H,3-5,8-13,17-19H2,1-2H3/t21-,33?,34+/m1/s1. The second-order valence-corrected chi connectivity index (χ2v) is 13.2. The largest absolute Gasteiger partial charge is 0.508 e. The Labute approximate surface area is 260 Å². The molecular weight excluding hydrogens is 580 g/mol. The lowest BCUT2D eigenvalue weighted by atomic mass is 9.94. The number of hydrogen-bond acceptors (Lipinski definition) is 9. The summed E-state index contributed by atoms with van der Waals surface area (Å²) in [5.41, 5.74) is -0.570. The summed E-state index contributed by atoms with van der Waals surface area (Å²) in [6, 6.07) is 5.97. The molecule has 11 heteroatoms. The van der Waals surface area contributed by atoms with Crippen molar-refractivity contribution in [1.82, 2.24) is 19.9 Å². The Bertz CT molecular complexity index is 1790. The van der Waals surface area contributed by atoms with E-state index in [1.807, 2.05) is 11.8 Å². The van der Waals surface area contributed by atoms with Gasteiger partial charge in [0.05, 0.1) is 23.1 Å². The highest BCUT2D eigenvalue weighted by Gasteiger charge is 2.49. The summed E-state index contributed by atoms with van der Waals surface area (Å²) in [7, 11) is 0. The van der Waals surface area contributed by atoms with Crippen molar-refractivity contribution in [3.63, 3.8) is 0 Å². The Morgan fingerprint density at radius 2 is 1.91 bits per heavy atom. The van der Waals surface area contributed by atoms with E-state index in [1.54, 1.807) is 13.0 Å². The number of fused-ring (bicyclic) bond motifs is 3. The fraction of sp³-hybridized carbons (Fsp3) is 0.500. The van der Waals surface area contributed by atoms with Crippen molar-refractivity contribution in [2.45, 2.75) is 76.0 Å². The number of ether oxygens (including phenoxy) is 1. The van der Waals surface area contributed by atoms with Gasteiger partial charge in [-0.3, -0.25) is 9.88 Å². The first-order valence-electron chi connectivity index (χ1n) is 15.9. The number of halogens is 2. The molecule has 3 fully saturated rings. The number of aliphatic hydroxyl groups excluding tert-OH is 1. The van der Waals surface area contributed by atoms with E-state index in [9.17, 15) is 19.7 Å². The topological polar surface area (TPSA) is 115 Å². The van der Waals surface area contributed by atoms with Crippen LogP contribution in [0.1, 0.15) is 57.9 Å². The molecule has 2 aromatic heterocycles. The number of aromatic nitrogens is 3.